The molecule has 152 valence electrons. The minimum atomic E-state index is -0.833. The zero-order valence-corrected chi connectivity index (χ0v) is 18.2. The van der Waals surface area contributed by atoms with Crippen molar-refractivity contribution in [3.8, 4) is 0 Å². The van der Waals surface area contributed by atoms with Gasteiger partial charge in [0.15, 0.2) is 0 Å². The molecule has 1 atom stereocenters. The van der Waals surface area contributed by atoms with Gasteiger partial charge in [0.05, 0.1) is 0 Å². The Morgan fingerprint density at radius 3 is 1.70 bits per heavy atom. The van der Waals surface area contributed by atoms with E-state index in [1.54, 1.807) is 22.3 Å². The summed E-state index contributed by atoms with van der Waals surface area (Å²) in [6, 6.07) is 0. The maximum absolute atomic E-state index is 9.00. The number of hydrogen-bond donors (Lipinski definition) is 3. The first kappa shape index (κ1) is 27.7. The molecule has 0 bridgehead atoms. The van der Waals surface area contributed by atoms with E-state index in [1.165, 1.54) is 44.9 Å². The Balaban J connectivity index is 0. The Hall–Kier alpha value is -1.53. The minimum Gasteiger partial charge on any atom is -0.481 e. The second kappa shape index (κ2) is 14.5. The van der Waals surface area contributed by atoms with Gasteiger partial charge in [-0.2, -0.15) is 5.57 Å². The molecule has 27 heavy (non-hydrogen) atoms. The predicted molar refractivity (Wildman–Crippen MR) is 99.8 cm³/mol. The van der Waals surface area contributed by atoms with Crippen LogP contribution in [0.4, 0.5) is 0 Å². The van der Waals surface area contributed by atoms with Gasteiger partial charge < -0.3 is 15.3 Å². The Morgan fingerprint density at radius 2 is 1.22 bits per heavy atom. The van der Waals surface area contributed by atoms with E-state index in [-0.39, 0.29) is 21.7 Å². The molecule has 0 fully saturated rings. The van der Waals surface area contributed by atoms with Gasteiger partial charge in [0, 0.05) is 42.5 Å². The van der Waals surface area contributed by atoms with Gasteiger partial charge in [-0.05, 0) is 25.2 Å². The summed E-state index contributed by atoms with van der Waals surface area (Å²) in [6.07, 6.45) is 12.2. The maximum atomic E-state index is 9.00. The second-order valence-electron chi connectivity index (χ2n) is 6.52. The molecule has 0 spiro atoms. The van der Waals surface area contributed by atoms with E-state index >= 15 is 0 Å². The van der Waals surface area contributed by atoms with Crippen molar-refractivity contribution in [3.05, 3.63) is 28.7 Å². The Bertz CT molecular complexity index is 504. The third kappa shape index (κ3) is 11.7. The van der Waals surface area contributed by atoms with Crippen molar-refractivity contribution in [2.24, 2.45) is 5.92 Å². The first-order chi connectivity index (χ1) is 12.1. The predicted octanol–water partition coefficient (Wildman–Crippen LogP) is 4.46. The molecule has 0 aromatic carbocycles. The molecular weight excluding hydrogens is 384 g/mol. The van der Waals surface area contributed by atoms with Gasteiger partial charge in [0.25, 0.3) is 17.9 Å². The SMILES string of the molecule is CC(=O)O.CC(=O)O.CC(=O)O.CC1C2=C(CCC[CH-]2)C2=C1CCCC2.[Ti]. The van der Waals surface area contributed by atoms with Gasteiger partial charge in [-0.25, -0.2) is 12.0 Å². The molecule has 0 aliphatic heterocycles. The summed E-state index contributed by atoms with van der Waals surface area (Å²) in [5.74, 6) is -1.72. The summed E-state index contributed by atoms with van der Waals surface area (Å²) in [6.45, 7) is 5.67. The van der Waals surface area contributed by atoms with E-state index < -0.39 is 17.9 Å². The van der Waals surface area contributed by atoms with Crippen LogP contribution in [0.15, 0.2) is 22.3 Å². The van der Waals surface area contributed by atoms with Crippen LogP contribution in [0.2, 0.25) is 0 Å². The van der Waals surface area contributed by atoms with Crippen LogP contribution in [0.25, 0.3) is 0 Å². The third-order valence-electron chi connectivity index (χ3n) is 4.21. The quantitative estimate of drug-likeness (QED) is 0.398. The number of aliphatic carboxylic acids is 3. The van der Waals surface area contributed by atoms with Crippen LogP contribution in [-0.4, -0.2) is 33.2 Å². The molecule has 0 radical (unpaired) electrons. The molecule has 3 rings (SSSR count). The third-order valence-corrected chi connectivity index (χ3v) is 4.21. The number of rotatable bonds is 0. The number of fused-ring (bicyclic) bond motifs is 1. The van der Waals surface area contributed by atoms with E-state index in [0.29, 0.717) is 0 Å². The minimum absolute atomic E-state index is 0. The first-order valence-electron chi connectivity index (χ1n) is 8.95. The molecule has 6 nitrogen and oxygen atoms in total. The van der Waals surface area contributed by atoms with Crippen LogP contribution in [-0.2, 0) is 36.1 Å². The van der Waals surface area contributed by atoms with Crippen LogP contribution < -0.4 is 0 Å². The zero-order valence-electron chi connectivity index (χ0n) is 16.7. The standard InChI is InChI=1S/C14H19.3C2H4O2.Ti/c1-10-11-6-2-4-8-13(11)14-9-5-3-7-12(10)14;3*1-2(3)4;/h6,10H,2-5,7-9H2,1H3;3*1H3,(H,3,4);/q-1;;;;. The fourth-order valence-electron chi connectivity index (χ4n) is 3.51. The van der Waals surface area contributed by atoms with Crippen LogP contribution >= 0.6 is 0 Å². The Kier molecular flexibility index (Phi) is 14.9. The average Bonchev–Trinajstić information content (AvgIpc) is 2.80. The molecule has 0 amide bonds. The molecule has 3 N–H and O–H groups in total. The fraction of sp³-hybridized carbons (Fsp3) is 0.600. The van der Waals surface area contributed by atoms with E-state index in [0.717, 1.165) is 26.7 Å². The van der Waals surface area contributed by atoms with Gasteiger partial charge in [0.1, 0.15) is 0 Å². The van der Waals surface area contributed by atoms with Gasteiger partial charge in [-0.15, -0.1) is 12.0 Å². The summed E-state index contributed by atoms with van der Waals surface area (Å²) < 4.78 is 0. The molecule has 0 heterocycles. The Labute approximate surface area is 176 Å². The molecule has 0 saturated carbocycles. The fourth-order valence-corrected chi connectivity index (χ4v) is 3.51. The summed E-state index contributed by atoms with van der Waals surface area (Å²) in [7, 11) is 0. The number of carboxylic acid groups (broad SMARTS) is 3. The van der Waals surface area contributed by atoms with Crippen molar-refractivity contribution in [3.63, 3.8) is 0 Å². The molecular formula is C20H31O6Ti-. The smallest absolute Gasteiger partial charge is 0.300 e. The molecule has 0 aromatic rings. The van der Waals surface area contributed by atoms with E-state index in [4.69, 9.17) is 29.7 Å². The van der Waals surface area contributed by atoms with Crippen LogP contribution in [0.5, 0.6) is 0 Å². The van der Waals surface area contributed by atoms with Gasteiger partial charge in [-0.1, -0.05) is 31.8 Å². The molecule has 7 heteroatoms. The van der Waals surface area contributed by atoms with E-state index in [9.17, 15) is 0 Å². The van der Waals surface area contributed by atoms with Crippen molar-refractivity contribution in [2.45, 2.75) is 72.6 Å². The van der Waals surface area contributed by atoms with Crippen molar-refractivity contribution in [2.75, 3.05) is 0 Å². The second-order valence-corrected chi connectivity index (χ2v) is 6.52. The van der Waals surface area contributed by atoms with Gasteiger partial charge in [-0.3, -0.25) is 14.4 Å². The number of allylic oxidation sites excluding steroid dienone is 4. The largest absolute Gasteiger partial charge is 0.481 e. The van der Waals surface area contributed by atoms with E-state index in [1.807, 2.05) is 0 Å². The molecule has 1 unspecified atom stereocenters. The summed E-state index contributed by atoms with van der Waals surface area (Å²) in [4.78, 5) is 27.0. The van der Waals surface area contributed by atoms with Crippen molar-refractivity contribution < 1.29 is 51.4 Å². The molecule has 3 aliphatic rings. The van der Waals surface area contributed by atoms with E-state index in [2.05, 4.69) is 13.3 Å². The summed E-state index contributed by atoms with van der Waals surface area (Å²) >= 11 is 0. The Morgan fingerprint density at radius 1 is 0.815 bits per heavy atom. The molecule has 0 saturated heterocycles. The molecule has 3 aliphatic carbocycles. The normalized spacial score (nSPS) is 19.0. The summed E-state index contributed by atoms with van der Waals surface area (Å²) in [5, 5.41) is 22.2. The molecule has 0 aromatic heterocycles. The topological polar surface area (TPSA) is 112 Å². The van der Waals surface area contributed by atoms with Gasteiger partial charge in [0.2, 0.25) is 0 Å². The monoisotopic (exact) mass is 415 g/mol. The number of carboxylic acids is 3. The van der Waals surface area contributed by atoms with Crippen LogP contribution in [0.1, 0.15) is 72.6 Å². The number of carbonyl (C=O) groups is 3. The maximum Gasteiger partial charge on any atom is 0.300 e. The number of hydrogen-bond acceptors (Lipinski definition) is 3. The van der Waals surface area contributed by atoms with Crippen LogP contribution in [0, 0.1) is 12.3 Å². The van der Waals surface area contributed by atoms with Crippen molar-refractivity contribution in [1.29, 1.82) is 0 Å². The van der Waals surface area contributed by atoms with Crippen LogP contribution in [0.3, 0.4) is 0 Å². The average molecular weight is 415 g/mol. The van der Waals surface area contributed by atoms with Gasteiger partial charge >= 0.3 is 0 Å². The van der Waals surface area contributed by atoms with Crippen molar-refractivity contribution in [1.82, 2.24) is 0 Å². The zero-order chi connectivity index (χ0) is 20.3. The first-order valence-corrected chi connectivity index (χ1v) is 8.95. The summed E-state index contributed by atoms with van der Waals surface area (Å²) in [5.41, 5.74) is 7.07. The van der Waals surface area contributed by atoms with Crippen molar-refractivity contribution >= 4 is 17.9 Å².